The van der Waals surface area contributed by atoms with E-state index in [1.165, 1.54) is 11.1 Å². The Morgan fingerprint density at radius 2 is 1.74 bits per heavy atom. The van der Waals surface area contributed by atoms with Crippen molar-refractivity contribution in [2.24, 2.45) is 0 Å². The predicted molar refractivity (Wildman–Crippen MR) is 75.5 cm³/mol. The molecule has 102 valence electrons. The van der Waals surface area contributed by atoms with Crippen LogP contribution >= 0.6 is 0 Å². The standard InChI is InChI=1S/C15H21BO3/c1-14(2)15(3,4)19-16(18-14)13-7-5-6-11-8-9-17-10-12(11)13/h5-7H,8-10H2,1-4H3. The third kappa shape index (κ3) is 2.12. The van der Waals surface area contributed by atoms with Gasteiger partial charge in [-0.2, -0.15) is 0 Å². The zero-order valence-electron chi connectivity index (χ0n) is 12.2. The Bertz CT molecular complexity index is 480. The Kier molecular flexibility index (Phi) is 3.00. The molecule has 1 aromatic rings. The molecule has 2 aliphatic rings. The van der Waals surface area contributed by atoms with E-state index in [1.54, 1.807) is 0 Å². The third-order valence-corrected chi connectivity index (χ3v) is 4.58. The van der Waals surface area contributed by atoms with Gasteiger partial charge in [0.2, 0.25) is 0 Å². The first-order chi connectivity index (χ1) is 8.91. The second-order valence-electron chi connectivity index (χ2n) is 6.38. The van der Waals surface area contributed by atoms with Crippen LogP contribution in [-0.4, -0.2) is 24.9 Å². The number of rotatable bonds is 1. The van der Waals surface area contributed by atoms with Crippen molar-refractivity contribution in [3.05, 3.63) is 29.3 Å². The Hall–Kier alpha value is -0.835. The molecule has 3 rings (SSSR count). The van der Waals surface area contributed by atoms with Crippen LogP contribution in [0.25, 0.3) is 0 Å². The van der Waals surface area contributed by atoms with E-state index >= 15 is 0 Å². The van der Waals surface area contributed by atoms with Crippen LogP contribution in [0.15, 0.2) is 18.2 Å². The van der Waals surface area contributed by atoms with Crippen LogP contribution in [0.2, 0.25) is 0 Å². The van der Waals surface area contributed by atoms with Crippen LogP contribution in [0.1, 0.15) is 38.8 Å². The molecule has 0 atom stereocenters. The van der Waals surface area contributed by atoms with E-state index in [0.717, 1.165) is 18.5 Å². The molecule has 0 aliphatic carbocycles. The molecule has 0 N–H and O–H groups in total. The fourth-order valence-electron chi connectivity index (χ4n) is 2.61. The molecule has 0 radical (unpaired) electrons. The van der Waals surface area contributed by atoms with Gasteiger partial charge in [0.15, 0.2) is 0 Å². The minimum atomic E-state index is -0.296. The molecule has 0 amide bonds. The van der Waals surface area contributed by atoms with Crippen molar-refractivity contribution in [3.63, 3.8) is 0 Å². The van der Waals surface area contributed by atoms with E-state index in [2.05, 4.69) is 45.9 Å². The smallest absolute Gasteiger partial charge is 0.399 e. The topological polar surface area (TPSA) is 27.7 Å². The largest absolute Gasteiger partial charge is 0.495 e. The summed E-state index contributed by atoms with van der Waals surface area (Å²) in [5.74, 6) is 0. The van der Waals surface area contributed by atoms with Gasteiger partial charge in [0.25, 0.3) is 0 Å². The molecule has 0 bridgehead atoms. The molecule has 0 aromatic heterocycles. The van der Waals surface area contributed by atoms with Gasteiger partial charge in [-0.1, -0.05) is 18.2 Å². The highest BCUT2D eigenvalue weighted by molar-refractivity contribution is 6.62. The second kappa shape index (κ2) is 4.34. The van der Waals surface area contributed by atoms with Crippen LogP contribution in [0.5, 0.6) is 0 Å². The van der Waals surface area contributed by atoms with Gasteiger partial charge in [-0.3, -0.25) is 0 Å². The summed E-state index contributed by atoms with van der Waals surface area (Å²) in [6.45, 7) is 9.80. The monoisotopic (exact) mass is 260 g/mol. The summed E-state index contributed by atoms with van der Waals surface area (Å²) in [6, 6.07) is 6.35. The molecule has 4 heteroatoms. The molecule has 3 nitrogen and oxygen atoms in total. The summed E-state index contributed by atoms with van der Waals surface area (Å²) in [5.41, 5.74) is 3.13. The molecule has 2 aliphatic heterocycles. The van der Waals surface area contributed by atoms with Crippen molar-refractivity contribution in [3.8, 4) is 0 Å². The van der Waals surface area contributed by atoms with Gasteiger partial charge < -0.3 is 14.0 Å². The van der Waals surface area contributed by atoms with Gasteiger partial charge in [0, 0.05) is 0 Å². The fraction of sp³-hybridized carbons (Fsp3) is 0.600. The molecule has 0 unspecified atom stereocenters. The molecule has 0 saturated carbocycles. The molecule has 1 fully saturated rings. The van der Waals surface area contributed by atoms with E-state index in [9.17, 15) is 0 Å². The SMILES string of the molecule is CC1(C)OB(c2cccc3c2COCC3)OC1(C)C. The predicted octanol–water partition coefficient (Wildman–Crippen LogP) is 2.06. The van der Waals surface area contributed by atoms with E-state index < -0.39 is 0 Å². The quantitative estimate of drug-likeness (QED) is 0.723. The highest BCUT2D eigenvalue weighted by atomic mass is 16.7. The summed E-state index contributed by atoms with van der Waals surface area (Å²) in [4.78, 5) is 0. The zero-order valence-corrected chi connectivity index (χ0v) is 12.2. The van der Waals surface area contributed by atoms with Crippen LogP contribution in [-0.2, 0) is 27.1 Å². The van der Waals surface area contributed by atoms with Crippen molar-refractivity contribution in [1.29, 1.82) is 0 Å². The lowest BCUT2D eigenvalue weighted by Gasteiger charge is -2.32. The number of ether oxygens (including phenoxy) is 1. The van der Waals surface area contributed by atoms with Crippen molar-refractivity contribution >= 4 is 12.6 Å². The van der Waals surface area contributed by atoms with Crippen LogP contribution < -0.4 is 5.46 Å². The van der Waals surface area contributed by atoms with Gasteiger partial charge in [-0.05, 0) is 50.7 Å². The summed E-state index contributed by atoms with van der Waals surface area (Å²) in [5, 5.41) is 0. The fourth-order valence-corrected chi connectivity index (χ4v) is 2.61. The van der Waals surface area contributed by atoms with Gasteiger partial charge in [0.05, 0.1) is 24.4 Å². The molecule has 0 spiro atoms. The lowest BCUT2D eigenvalue weighted by molar-refractivity contribution is 0.00578. The van der Waals surface area contributed by atoms with Gasteiger partial charge >= 0.3 is 7.12 Å². The first-order valence-corrected chi connectivity index (χ1v) is 6.95. The number of fused-ring (bicyclic) bond motifs is 1. The van der Waals surface area contributed by atoms with Crippen molar-refractivity contribution < 1.29 is 14.0 Å². The molecule has 1 saturated heterocycles. The van der Waals surface area contributed by atoms with Crippen LogP contribution in [0.4, 0.5) is 0 Å². The maximum absolute atomic E-state index is 6.14. The van der Waals surface area contributed by atoms with E-state index in [0.29, 0.717) is 6.61 Å². The average molecular weight is 260 g/mol. The van der Waals surface area contributed by atoms with Crippen LogP contribution in [0, 0.1) is 0 Å². The highest BCUT2D eigenvalue weighted by Gasteiger charge is 2.52. The minimum Gasteiger partial charge on any atom is -0.399 e. The van der Waals surface area contributed by atoms with Gasteiger partial charge in [0.1, 0.15) is 0 Å². The van der Waals surface area contributed by atoms with Gasteiger partial charge in [-0.25, -0.2) is 0 Å². The van der Waals surface area contributed by atoms with E-state index in [1.807, 2.05) is 0 Å². The minimum absolute atomic E-state index is 0.290. The zero-order chi connectivity index (χ0) is 13.7. The molecule has 1 aromatic carbocycles. The van der Waals surface area contributed by atoms with E-state index in [4.69, 9.17) is 14.0 Å². The molecular formula is C15H21BO3. The Morgan fingerprint density at radius 1 is 1.05 bits per heavy atom. The Balaban J connectivity index is 1.96. The van der Waals surface area contributed by atoms with Crippen molar-refractivity contribution in [2.45, 2.75) is 51.9 Å². The Labute approximate surface area is 115 Å². The maximum atomic E-state index is 6.14. The summed E-state index contributed by atoms with van der Waals surface area (Å²) in [6.07, 6.45) is 0.975. The van der Waals surface area contributed by atoms with Crippen molar-refractivity contribution in [2.75, 3.05) is 6.61 Å². The number of hydrogen-bond acceptors (Lipinski definition) is 3. The summed E-state index contributed by atoms with van der Waals surface area (Å²) in [7, 11) is -0.290. The van der Waals surface area contributed by atoms with E-state index in [-0.39, 0.29) is 18.3 Å². The summed E-state index contributed by atoms with van der Waals surface area (Å²) < 4.78 is 17.9. The lowest BCUT2D eigenvalue weighted by atomic mass is 9.74. The molecular weight excluding hydrogens is 239 g/mol. The lowest BCUT2D eigenvalue weighted by Crippen LogP contribution is -2.41. The maximum Gasteiger partial charge on any atom is 0.495 e. The van der Waals surface area contributed by atoms with Gasteiger partial charge in [-0.15, -0.1) is 0 Å². The Morgan fingerprint density at radius 3 is 2.42 bits per heavy atom. The molecule has 19 heavy (non-hydrogen) atoms. The molecule has 2 heterocycles. The highest BCUT2D eigenvalue weighted by Crippen LogP contribution is 2.37. The first kappa shape index (κ1) is 13.2. The average Bonchev–Trinajstić information content (AvgIpc) is 2.58. The normalized spacial score (nSPS) is 24.3. The second-order valence-corrected chi connectivity index (χ2v) is 6.38. The van der Waals surface area contributed by atoms with Crippen LogP contribution in [0.3, 0.4) is 0 Å². The first-order valence-electron chi connectivity index (χ1n) is 6.95. The van der Waals surface area contributed by atoms with Crippen molar-refractivity contribution in [1.82, 2.24) is 0 Å². The summed E-state index contributed by atoms with van der Waals surface area (Å²) >= 11 is 0. The number of benzene rings is 1. The number of hydrogen-bond donors (Lipinski definition) is 0. The third-order valence-electron chi connectivity index (χ3n) is 4.58.